The number of rotatable bonds is 0. The normalized spacial score (nSPS) is 30.4. The second-order valence-corrected chi connectivity index (χ2v) is 3.34. The average Bonchev–Trinajstić information content (AvgIpc) is 2.56. The summed E-state index contributed by atoms with van der Waals surface area (Å²) in [5.74, 6) is 0. The average molecular weight is 199 g/mol. The quantitative estimate of drug-likeness (QED) is 0.590. The molecule has 0 aromatic rings. The highest BCUT2D eigenvalue weighted by molar-refractivity contribution is 5.75. The number of nitrogens with zero attached hydrogens (tertiary/aromatic N) is 2. The first-order chi connectivity index (χ1) is 6.72. The van der Waals surface area contributed by atoms with E-state index in [1.165, 1.54) is 7.11 Å². The van der Waals surface area contributed by atoms with Crippen LogP contribution in [0.1, 0.15) is 12.8 Å². The predicted octanol–water partition coefficient (Wildman–Crippen LogP) is -0.112. The summed E-state index contributed by atoms with van der Waals surface area (Å²) in [5.41, 5.74) is 5.45. The van der Waals surface area contributed by atoms with E-state index in [0.29, 0.717) is 6.54 Å². The number of piperidine rings is 1. The minimum absolute atomic E-state index is 0.0946. The van der Waals surface area contributed by atoms with Crippen LogP contribution in [0.5, 0.6) is 0 Å². The first-order valence-electron chi connectivity index (χ1n) is 4.57. The van der Waals surface area contributed by atoms with E-state index in [0.717, 1.165) is 12.8 Å². The van der Waals surface area contributed by atoms with Crippen LogP contribution in [-0.4, -0.2) is 42.9 Å². The Balaban J connectivity index is 2.13. The van der Waals surface area contributed by atoms with Gasteiger partial charge in [-0.1, -0.05) is 0 Å². The molecule has 0 aromatic carbocycles. The number of methoxy groups -OCH3 is 1. The fourth-order valence-corrected chi connectivity index (χ4v) is 1.85. The lowest BCUT2D eigenvalue weighted by molar-refractivity contribution is 0.0404. The SMILES string of the molecule is COC(=O)N1CCC[C@H]2OC(N)=N[C@H]21. The predicted molar refractivity (Wildman–Crippen MR) is 48.6 cm³/mol. The zero-order valence-corrected chi connectivity index (χ0v) is 7.97. The summed E-state index contributed by atoms with van der Waals surface area (Å²) >= 11 is 0. The number of amidine groups is 1. The second kappa shape index (κ2) is 3.36. The van der Waals surface area contributed by atoms with Crippen LogP contribution in [0.4, 0.5) is 4.79 Å². The first-order valence-corrected chi connectivity index (χ1v) is 4.57. The van der Waals surface area contributed by atoms with Gasteiger partial charge in [-0.05, 0) is 12.8 Å². The molecule has 2 heterocycles. The number of aliphatic imine (C=N–C) groups is 1. The van der Waals surface area contributed by atoms with Crippen LogP contribution >= 0.6 is 0 Å². The number of nitrogens with two attached hydrogens (primary N) is 1. The highest BCUT2D eigenvalue weighted by Crippen LogP contribution is 2.25. The molecule has 2 atom stereocenters. The van der Waals surface area contributed by atoms with Crippen molar-refractivity contribution in [2.45, 2.75) is 25.1 Å². The van der Waals surface area contributed by atoms with Gasteiger partial charge < -0.3 is 15.2 Å². The fourth-order valence-electron chi connectivity index (χ4n) is 1.85. The van der Waals surface area contributed by atoms with E-state index < -0.39 is 0 Å². The minimum atomic E-state index is -0.373. The maximum absolute atomic E-state index is 11.4. The summed E-state index contributed by atoms with van der Waals surface area (Å²) in [6.07, 6.45) is 1.00. The summed E-state index contributed by atoms with van der Waals surface area (Å²) in [6, 6.07) is 0.163. The Bertz CT molecular complexity index is 279. The summed E-state index contributed by atoms with van der Waals surface area (Å²) in [7, 11) is 1.36. The van der Waals surface area contributed by atoms with Gasteiger partial charge in [0.15, 0.2) is 6.17 Å². The molecule has 6 heteroatoms. The number of likely N-dealkylation sites (tertiary alicyclic amines) is 1. The van der Waals surface area contributed by atoms with Gasteiger partial charge in [-0.25, -0.2) is 9.79 Å². The van der Waals surface area contributed by atoms with Gasteiger partial charge in [0, 0.05) is 6.54 Å². The second-order valence-electron chi connectivity index (χ2n) is 3.34. The third kappa shape index (κ3) is 1.36. The molecule has 14 heavy (non-hydrogen) atoms. The van der Waals surface area contributed by atoms with Crippen molar-refractivity contribution in [1.82, 2.24) is 4.90 Å². The Morgan fingerprint density at radius 1 is 1.79 bits per heavy atom. The molecular formula is C8H13N3O3. The topological polar surface area (TPSA) is 77.1 Å². The van der Waals surface area contributed by atoms with E-state index in [4.69, 9.17) is 10.5 Å². The summed E-state index contributed by atoms with van der Waals surface area (Å²) in [6.45, 7) is 0.647. The molecule has 0 saturated carbocycles. The van der Waals surface area contributed by atoms with Gasteiger partial charge in [-0.3, -0.25) is 4.90 Å². The van der Waals surface area contributed by atoms with Crippen molar-refractivity contribution in [2.75, 3.05) is 13.7 Å². The minimum Gasteiger partial charge on any atom is -0.458 e. The summed E-state index contributed by atoms with van der Waals surface area (Å²) in [5, 5.41) is 0. The molecule has 0 aromatic heterocycles. The van der Waals surface area contributed by atoms with Gasteiger partial charge in [0.1, 0.15) is 6.10 Å². The Morgan fingerprint density at radius 2 is 2.57 bits per heavy atom. The van der Waals surface area contributed by atoms with Crippen LogP contribution < -0.4 is 5.73 Å². The molecule has 2 aliphatic rings. The standard InChI is InChI=1S/C8H13N3O3/c1-13-8(12)11-4-2-3-5-6(11)10-7(9)14-5/h5-6H,2-4H2,1H3,(H2,9,10)/t5-,6+/m1/s1. The molecule has 2 N–H and O–H groups in total. The molecule has 2 aliphatic heterocycles. The molecule has 78 valence electrons. The van der Waals surface area contributed by atoms with Crippen LogP contribution in [0.25, 0.3) is 0 Å². The van der Waals surface area contributed by atoms with Gasteiger partial charge in [0.25, 0.3) is 6.02 Å². The molecule has 2 rings (SSSR count). The lowest BCUT2D eigenvalue weighted by atomic mass is 10.1. The zero-order valence-electron chi connectivity index (χ0n) is 7.97. The molecule has 0 unspecified atom stereocenters. The number of amides is 1. The molecule has 6 nitrogen and oxygen atoms in total. The van der Waals surface area contributed by atoms with Crippen LogP contribution in [0.2, 0.25) is 0 Å². The first kappa shape index (κ1) is 9.11. The van der Waals surface area contributed by atoms with Gasteiger partial charge >= 0.3 is 6.09 Å². The number of carbonyl (C=O) groups is 1. The van der Waals surface area contributed by atoms with Crippen molar-refractivity contribution in [2.24, 2.45) is 10.7 Å². The Labute approximate surface area is 81.7 Å². The van der Waals surface area contributed by atoms with E-state index in [9.17, 15) is 4.79 Å². The monoisotopic (exact) mass is 199 g/mol. The lowest BCUT2D eigenvalue weighted by Gasteiger charge is -2.33. The molecular weight excluding hydrogens is 186 g/mol. The van der Waals surface area contributed by atoms with E-state index >= 15 is 0 Å². The maximum atomic E-state index is 11.4. The zero-order chi connectivity index (χ0) is 10.1. The summed E-state index contributed by atoms with van der Waals surface area (Å²) < 4.78 is 9.92. The van der Waals surface area contributed by atoms with Gasteiger partial charge in [-0.15, -0.1) is 0 Å². The van der Waals surface area contributed by atoms with E-state index in [-0.39, 0.29) is 24.4 Å². The molecule has 1 fully saturated rings. The summed E-state index contributed by atoms with van der Waals surface area (Å²) in [4.78, 5) is 17.0. The molecule has 0 bridgehead atoms. The Kier molecular flexibility index (Phi) is 2.18. The van der Waals surface area contributed by atoms with Crippen molar-refractivity contribution in [3.8, 4) is 0 Å². The number of fused-ring (bicyclic) bond motifs is 1. The van der Waals surface area contributed by atoms with Gasteiger partial charge in [-0.2, -0.15) is 0 Å². The van der Waals surface area contributed by atoms with Crippen molar-refractivity contribution >= 4 is 12.1 Å². The molecule has 0 aliphatic carbocycles. The van der Waals surface area contributed by atoms with E-state index in [1.54, 1.807) is 4.90 Å². The van der Waals surface area contributed by atoms with Crippen LogP contribution in [0.15, 0.2) is 4.99 Å². The number of carbonyl (C=O) groups excluding carboxylic acids is 1. The van der Waals surface area contributed by atoms with Crippen molar-refractivity contribution < 1.29 is 14.3 Å². The molecule has 0 radical (unpaired) electrons. The van der Waals surface area contributed by atoms with Crippen LogP contribution in [0, 0.1) is 0 Å². The highest BCUT2D eigenvalue weighted by Gasteiger charge is 2.40. The van der Waals surface area contributed by atoms with Crippen molar-refractivity contribution in [3.05, 3.63) is 0 Å². The molecule has 0 spiro atoms. The van der Waals surface area contributed by atoms with Gasteiger partial charge in [0.05, 0.1) is 7.11 Å². The largest absolute Gasteiger partial charge is 0.458 e. The third-order valence-corrected chi connectivity index (χ3v) is 2.48. The van der Waals surface area contributed by atoms with Crippen LogP contribution in [0.3, 0.4) is 0 Å². The number of hydrogen-bond acceptors (Lipinski definition) is 5. The van der Waals surface area contributed by atoms with Crippen molar-refractivity contribution in [1.29, 1.82) is 0 Å². The lowest BCUT2D eigenvalue weighted by Crippen LogP contribution is -2.48. The van der Waals surface area contributed by atoms with E-state index in [1.807, 2.05) is 0 Å². The van der Waals surface area contributed by atoms with E-state index in [2.05, 4.69) is 9.73 Å². The Morgan fingerprint density at radius 3 is 3.29 bits per heavy atom. The number of hydrogen-bond donors (Lipinski definition) is 1. The Hall–Kier alpha value is -1.46. The fraction of sp³-hybridized carbons (Fsp3) is 0.750. The number of ether oxygens (including phenoxy) is 2. The van der Waals surface area contributed by atoms with Gasteiger partial charge in [0.2, 0.25) is 0 Å². The molecule has 1 saturated heterocycles. The third-order valence-electron chi connectivity index (χ3n) is 2.48. The van der Waals surface area contributed by atoms with Crippen LogP contribution in [-0.2, 0) is 9.47 Å². The van der Waals surface area contributed by atoms with Crippen molar-refractivity contribution in [3.63, 3.8) is 0 Å². The highest BCUT2D eigenvalue weighted by atomic mass is 16.5. The maximum Gasteiger partial charge on any atom is 0.411 e. The smallest absolute Gasteiger partial charge is 0.411 e. The molecule has 1 amide bonds.